The van der Waals surface area contributed by atoms with Crippen LogP contribution in [0.3, 0.4) is 0 Å². The van der Waals surface area contributed by atoms with Gasteiger partial charge < -0.3 is 25.6 Å². The lowest BCUT2D eigenvalue weighted by Crippen LogP contribution is -2.57. The Labute approximate surface area is 106 Å². The predicted molar refractivity (Wildman–Crippen MR) is 65.2 cm³/mol. The number of nitrogens with one attached hydrogen (secondary N) is 3. The number of hydrogen-bond donors (Lipinski definition) is 3. The molecule has 0 radical (unpaired) electrons. The van der Waals surface area contributed by atoms with Crippen LogP contribution in [0, 0.1) is 0 Å². The molecule has 7 heteroatoms. The molecule has 2 aliphatic rings. The summed E-state index contributed by atoms with van der Waals surface area (Å²) in [5.41, 5.74) is -0.800. The van der Waals surface area contributed by atoms with Gasteiger partial charge in [0.25, 0.3) is 5.91 Å². The van der Waals surface area contributed by atoms with Crippen LogP contribution in [0.1, 0.15) is 6.92 Å². The molecule has 18 heavy (non-hydrogen) atoms. The number of amides is 3. The summed E-state index contributed by atoms with van der Waals surface area (Å²) in [5.74, 6) is -0.130. The van der Waals surface area contributed by atoms with Crippen molar-refractivity contribution in [3.8, 4) is 0 Å². The van der Waals surface area contributed by atoms with E-state index in [1.54, 1.807) is 11.8 Å². The van der Waals surface area contributed by atoms with Gasteiger partial charge in [-0.15, -0.1) is 0 Å². The van der Waals surface area contributed by atoms with Gasteiger partial charge in [-0.3, -0.25) is 4.79 Å². The number of urea groups is 1. The maximum atomic E-state index is 12.0. The molecule has 0 aromatic carbocycles. The van der Waals surface area contributed by atoms with E-state index in [9.17, 15) is 9.59 Å². The first kappa shape index (κ1) is 13.1. The van der Waals surface area contributed by atoms with Crippen molar-refractivity contribution < 1.29 is 14.3 Å². The average molecular weight is 256 g/mol. The van der Waals surface area contributed by atoms with Gasteiger partial charge in [-0.05, 0) is 6.92 Å². The monoisotopic (exact) mass is 256 g/mol. The fourth-order valence-corrected chi connectivity index (χ4v) is 2.09. The Morgan fingerprint density at radius 2 is 2.39 bits per heavy atom. The second-order valence-electron chi connectivity index (χ2n) is 4.73. The van der Waals surface area contributed by atoms with E-state index in [1.807, 2.05) is 0 Å². The van der Waals surface area contributed by atoms with Crippen LogP contribution in [0.2, 0.25) is 0 Å². The largest absolute Gasteiger partial charge is 0.363 e. The van der Waals surface area contributed by atoms with Crippen molar-refractivity contribution in [2.75, 3.05) is 45.9 Å². The number of carbonyl (C=O) groups is 2. The summed E-state index contributed by atoms with van der Waals surface area (Å²) in [5, 5.41) is 8.67. The van der Waals surface area contributed by atoms with Gasteiger partial charge in [-0.25, -0.2) is 4.79 Å². The Hall–Kier alpha value is -1.34. The van der Waals surface area contributed by atoms with Crippen LogP contribution in [0.15, 0.2) is 0 Å². The molecule has 0 spiro atoms. The smallest absolute Gasteiger partial charge is 0.317 e. The first-order valence-corrected chi connectivity index (χ1v) is 6.27. The second-order valence-corrected chi connectivity index (χ2v) is 4.73. The van der Waals surface area contributed by atoms with Crippen LogP contribution in [0.25, 0.3) is 0 Å². The second kappa shape index (κ2) is 5.53. The number of nitrogens with zero attached hydrogens (tertiary/aromatic N) is 1. The van der Waals surface area contributed by atoms with Crippen molar-refractivity contribution in [3.05, 3.63) is 0 Å². The van der Waals surface area contributed by atoms with E-state index in [2.05, 4.69) is 16.0 Å². The minimum absolute atomic E-state index is 0.0638. The summed E-state index contributed by atoms with van der Waals surface area (Å²) in [6.07, 6.45) is 0. The molecule has 2 fully saturated rings. The van der Waals surface area contributed by atoms with Crippen LogP contribution in [-0.2, 0) is 9.53 Å². The van der Waals surface area contributed by atoms with Crippen LogP contribution in [-0.4, -0.2) is 68.3 Å². The quantitative estimate of drug-likeness (QED) is 0.572. The molecule has 2 rings (SSSR count). The van der Waals surface area contributed by atoms with Gasteiger partial charge in [0.15, 0.2) is 5.60 Å². The summed E-state index contributed by atoms with van der Waals surface area (Å²) in [6.45, 7) is 5.96. The topological polar surface area (TPSA) is 82.7 Å². The summed E-state index contributed by atoms with van der Waals surface area (Å²) in [6, 6.07) is -0.0638. The highest BCUT2D eigenvalue weighted by molar-refractivity contribution is 5.85. The summed E-state index contributed by atoms with van der Waals surface area (Å²) < 4.78 is 5.50. The highest BCUT2D eigenvalue weighted by Gasteiger charge is 2.35. The zero-order chi connectivity index (χ0) is 13.0. The van der Waals surface area contributed by atoms with Gasteiger partial charge in [-0.1, -0.05) is 0 Å². The van der Waals surface area contributed by atoms with E-state index in [0.717, 1.165) is 6.54 Å². The summed E-state index contributed by atoms with van der Waals surface area (Å²) in [7, 11) is 0. The molecule has 1 unspecified atom stereocenters. The Bertz CT molecular complexity index is 328. The Kier molecular flexibility index (Phi) is 4.03. The number of ether oxygens (including phenoxy) is 1. The predicted octanol–water partition coefficient (Wildman–Crippen LogP) is -1.49. The van der Waals surface area contributed by atoms with E-state index < -0.39 is 5.60 Å². The highest BCUT2D eigenvalue weighted by atomic mass is 16.5. The maximum Gasteiger partial charge on any atom is 0.317 e. The Morgan fingerprint density at radius 3 is 3.00 bits per heavy atom. The van der Waals surface area contributed by atoms with Crippen molar-refractivity contribution in [2.45, 2.75) is 12.5 Å². The lowest BCUT2D eigenvalue weighted by molar-refractivity contribution is -0.147. The molecule has 2 heterocycles. The normalized spacial score (nSPS) is 28.1. The van der Waals surface area contributed by atoms with E-state index in [4.69, 9.17) is 4.74 Å². The zero-order valence-corrected chi connectivity index (χ0v) is 10.6. The lowest BCUT2D eigenvalue weighted by atomic mass is 10.0. The third-order valence-electron chi connectivity index (χ3n) is 3.25. The minimum Gasteiger partial charge on any atom is -0.363 e. The number of morpholine rings is 1. The Balaban J connectivity index is 1.72. The van der Waals surface area contributed by atoms with Gasteiger partial charge in [0, 0.05) is 39.3 Å². The molecular formula is C11H20N4O3. The number of hydrogen-bond acceptors (Lipinski definition) is 4. The molecule has 0 aromatic rings. The number of carbonyl (C=O) groups excluding carboxylic acids is 2. The molecular weight excluding hydrogens is 236 g/mol. The van der Waals surface area contributed by atoms with Crippen LogP contribution < -0.4 is 16.0 Å². The molecule has 0 bridgehead atoms. The first-order chi connectivity index (χ1) is 8.62. The molecule has 0 saturated carbocycles. The van der Waals surface area contributed by atoms with Gasteiger partial charge >= 0.3 is 6.03 Å². The lowest BCUT2D eigenvalue weighted by Gasteiger charge is -2.33. The standard InChI is InChI=1S/C11H20N4O3/c1-11(8-12-4-7-18-11)9(16)13-2-5-15-6-3-14-10(15)17/h12H,2-8H2,1H3,(H,13,16)(H,14,17). The van der Waals surface area contributed by atoms with Crippen molar-refractivity contribution in [1.29, 1.82) is 0 Å². The van der Waals surface area contributed by atoms with Crippen molar-refractivity contribution in [2.24, 2.45) is 0 Å². The minimum atomic E-state index is -0.800. The molecule has 102 valence electrons. The molecule has 2 saturated heterocycles. The first-order valence-electron chi connectivity index (χ1n) is 6.27. The molecule has 3 amide bonds. The van der Waals surface area contributed by atoms with Gasteiger partial charge in [0.2, 0.25) is 0 Å². The van der Waals surface area contributed by atoms with Crippen LogP contribution in [0.4, 0.5) is 4.79 Å². The average Bonchev–Trinajstić information content (AvgIpc) is 2.76. The highest BCUT2D eigenvalue weighted by Crippen LogP contribution is 2.12. The number of rotatable bonds is 4. The summed E-state index contributed by atoms with van der Waals surface area (Å²) >= 11 is 0. The summed E-state index contributed by atoms with van der Waals surface area (Å²) in [4.78, 5) is 24.9. The van der Waals surface area contributed by atoms with E-state index >= 15 is 0 Å². The van der Waals surface area contributed by atoms with Gasteiger partial charge in [0.1, 0.15) is 0 Å². The van der Waals surface area contributed by atoms with Crippen LogP contribution >= 0.6 is 0 Å². The molecule has 7 nitrogen and oxygen atoms in total. The van der Waals surface area contributed by atoms with E-state index in [1.165, 1.54) is 0 Å². The fraction of sp³-hybridized carbons (Fsp3) is 0.818. The zero-order valence-electron chi connectivity index (χ0n) is 10.6. The van der Waals surface area contributed by atoms with Crippen molar-refractivity contribution >= 4 is 11.9 Å². The molecule has 0 aliphatic carbocycles. The Morgan fingerprint density at radius 1 is 1.56 bits per heavy atom. The third-order valence-corrected chi connectivity index (χ3v) is 3.25. The van der Waals surface area contributed by atoms with Crippen LogP contribution in [0.5, 0.6) is 0 Å². The molecule has 2 aliphatic heterocycles. The molecule has 3 N–H and O–H groups in total. The maximum absolute atomic E-state index is 12.0. The van der Waals surface area contributed by atoms with Crippen molar-refractivity contribution in [1.82, 2.24) is 20.9 Å². The molecule has 1 atom stereocenters. The fourth-order valence-electron chi connectivity index (χ4n) is 2.09. The van der Waals surface area contributed by atoms with E-state index in [-0.39, 0.29) is 11.9 Å². The van der Waals surface area contributed by atoms with Gasteiger partial charge in [-0.2, -0.15) is 0 Å². The van der Waals surface area contributed by atoms with Gasteiger partial charge in [0.05, 0.1) is 6.61 Å². The molecule has 0 aromatic heterocycles. The van der Waals surface area contributed by atoms with E-state index in [0.29, 0.717) is 39.3 Å². The SMILES string of the molecule is CC1(C(=O)NCCN2CCNC2=O)CNCCO1. The van der Waals surface area contributed by atoms with Crippen molar-refractivity contribution in [3.63, 3.8) is 0 Å². The third kappa shape index (κ3) is 2.91.